The lowest BCUT2D eigenvalue weighted by Crippen LogP contribution is -1.92. The minimum absolute atomic E-state index is 1.19. The fourth-order valence-electron chi connectivity index (χ4n) is 4.49. The van der Waals surface area contributed by atoms with E-state index < -0.39 is 0 Å². The van der Waals surface area contributed by atoms with Crippen molar-refractivity contribution in [3.63, 3.8) is 0 Å². The molecule has 0 saturated carbocycles. The van der Waals surface area contributed by atoms with Gasteiger partial charge in [0.1, 0.15) is 0 Å². The Morgan fingerprint density at radius 2 is 0.871 bits per heavy atom. The summed E-state index contributed by atoms with van der Waals surface area (Å²) in [5, 5.41) is 2.56. The Hall–Kier alpha value is -4.10. The van der Waals surface area contributed by atoms with Gasteiger partial charge in [-0.15, -0.1) is 0 Å². The molecular weight excluding hydrogens is 374 g/mol. The molecule has 0 aliphatic carbocycles. The van der Waals surface area contributed by atoms with Crippen molar-refractivity contribution in [1.29, 1.82) is 0 Å². The number of rotatable bonds is 3. The van der Waals surface area contributed by atoms with Crippen LogP contribution >= 0.6 is 0 Å². The molecule has 146 valence electrons. The van der Waals surface area contributed by atoms with Crippen molar-refractivity contribution in [2.45, 2.75) is 0 Å². The summed E-state index contributed by atoms with van der Waals surface area (Å²) < 4.78 is 2.35. The highest BCUT2D eigenvalue weighted by molar-refractivity contribution is 6.10. The largest absolute Gasteiger partial charge is 0.309 e. The van der Waals surface area contributed by atoms with Crippen LogP contribution in [0.15, 0.2) is 127 Å². The second-order valence-corrected chi connectivity index (χ2v) is 7.86. The van der Waals surface area contributed by atoms with Gasteiger partial charge in [-0.2, -0.15) is 0 Å². The Morgan fingerprint density at radius 1 is 0.355 bits per heavy atom. The van der Waals surface area contributed by atoms with Crippen molar-refractivity contribution >= 4 is 21.8 Å². The molecule has 0 atom stereocenters. The van der Waals surface area contributed by atoms with E-state index in [1.165, 1.54) is 49.7 Å². The topological polar surface area (TPSA) is 4.93 Å². The number of nitrogens with zero attached hydrogens (tertiary/aromatic N) is 1. The molecule has 1 aromatic heterocycles. The highest BCUT2D eigenvalue weighted by Crippen LogP contribution is 2.35. The van der Waals surface area contributed by atoms with E-state index in [0.29, 0.717) is 0 Å². The van der Waals surface area contributed by atoms with Crippen LogP contribution in [0.1, 0.15) is 0 Å². The molecule has 0 unspecified atom stereocenters. The summed E-state index contributed by atoms with van der Waals surface area (Å²) in [4.78, 5) is 0. The normalized spacial score (nSPS) is 11.2. The zero-order valence-electron chi connectivity index (χ0n) is 17.1. The summed E-state index contributed by atoms with van der Waals surface area (Å²) >= 11 is 0. The molecule has 6 aromatic rings. The molecule has 0 N–H and O–H groups in total. The van der Waals surface area contributed by atoms with Crippen molar-refractivity contribution in [2.75, 3.05) is 0 Å². The van der Waals surface area contributed by atoms with Crippen molar-refractivity contribution in [3.8, 4) is 27.9 Å². The Labute approximate surface area is 181 Å². The highest BCUT2D eigenvalue weighted by atomic mass is 15.0. The molecule has 1 heteroatoms. The first-order valence-corrected chi connectivity index (χ1v) is 10.6. The van der Waals surface area contributed by atoms with Gasteiger partial charge in [0.15, 0.2) is 0 Å². The SMILES string of the molecule is c1ccc(-c2ccc(-c3ccc4c(c3)c3ccccc3n4-c3ccccc3)cc2)cc1. The van der Waals surface area contributed by atoms with Crippen molar-refractivity contribution in [1.82, 2.24) is 4.57 Å². The van der Waals surface area contributed by atoms with Crippen LogP contribution in [-0.4, -0.2) is 4.57 Å². The first-order chi connectivity index (χ1) is 15.4. The molecule has 1 nitrogen and oxygen atoms in total. The summed E-state index contributed by atoms with van der Waals surface area (Å²) in [5.41, 5.74) is 8.62. The smallest absolute Gasteiger partial charge is 0.0541 e. The average Bonchev–Trinajstić information content (AvgIpc) is 3.19. The summed E-state index contributed by atoms with van der Waals surface area (Å²) in [5.74, 6) is 0. The van der Waals surface area contributed by atoms with Gasteiger partial charge in [0.05, 0.1) is 11.0 Å². The monoisotopic (exact) mass is 395 g/mol. The third-order valence-corrected chi connectivity index (χ3v) is 6.01. The molecule has 5 aromatic carbocycles. The van der Waals surface area contributed by atoms with Gasteiger partial charge in [0.25, 0.3) is 0 Å². The molecule has 0 saturated heterocycles. The average molecular weight is 396 g/mol. The van der Waals surface area contributed by atoms with Gasteiger partial charge in [-0.25, -0.2) is 0 Å². The van der Waals surface area contributed by atoms with Crippen LogP contribution in [0.5, 0.6) is 0 Å². The molecule has 0 aliphatic heterocycles. The zero-order valence-corrected chi connectivity index (χ0v) is 17.1. The molecule has 31 heavy (non-hydrogen) atoms. The molecule has 0 bridgehead atoms. The number of fused-ring (bicyclic) bond motifs is 3. The van der Waals surface area contributed by atoms with E-state index >= 15 is 0 Å². The van der Waals surface area contributed by atoms with Gasteiger partial charge in [-0.1, -0.05) is 97.1 Å². The maximum atomic E-state index is 2.35. The number of para-hydroxylation sites is 2. The molecule has 6 rings (SSSR count). The van der Waals surface area contributed by atoms with Crippen LogP contribution in [0.4, 0.5) is 0 Å². The minimum atomic E-state index is 1.19. The van der Waals surface area contributed by atoms with E-state index in [-0.39, 0.29) is 0 Å². The van der Waals surface area contributed by atoms with Gasteiger partial charge in [0, 0.05) is 16.5 Å². The number of hydrogen-bond acceptors (Lipinski definition) is 0. The molecule has 0 spiro atoms. The lowest BCUT2D eigenvalue weighted by atomic mass is 9.99. The van der Waals surface area contributed by atoms with Gasteiger partial charge >= 0.3 is 0 Å². The minimum Gasteiger partial charge on any atom is -0.309 e. The Kier molecular flexibility index (Phi) is 4.18. The Bertz CT molecular complexity index is 1490. The lowest BCUT2D eigenvalue weighted by molar-refractivity contribution is 1.18. The standard InChI is InChI=1S/C30H21N/c1-3-9-22(10-4-1)23-15-17-24(18-16-23)25-19-20-30-28(21-25)27-13-7-8-14-29(27)31(30)26-11-5-2-6-12-26/h1-21H. The van der Waals surface area contributed by atoms with Gasteiger partial charge in [0.2, 0.25) is 0 Å². The van der Waals surface area contributed by atoms with E-state index in [2.05, 4.69) is 132 Å². The highest BCUT2D eigenvalue weighted by Gasteiger charge is 2.12. The number of hydrogen-bond donors (Lipinski definition) is 0. The van der Waals surface area contributed by atoms with Crippen LogP contribution in [0.3, 0.4) is 0 Å². The van der Waals surface area contributed by atoms with E-state index in [4.69, 9.17) is 0 Å². The van der Waals surface area contributed by atoms with Crippen molar-refractivity contribution in [2.24, 2.45) is 0 Å². The van der Waals surface area contributed by atoms with E-state index in [9.17, 15) is 0 Å². The van der Waals surface area contributed by atoms with Crippen LogP contribution in [0.25, 0.3) is 49.7 Å². The van der Waals surface area contributed by atoms with Gasteiger partial charge < -0.3 is 4.57 Å². The maximum absolute atomic E-state index is 2.35. The summed E-state index contributed by atoms with van der Waals surface area (Å²) in [6.07, 6.45) is 0. The number of aromatic nitrogens is 1. The van der Waals surface area contributed by atoms with Crippen LogP contribution in [-0.2, 0) is 0 Å². The third kappa shape index (κ3) is 3.03. The summed E-state index contributed by atoms with van der Waals surface area (Å²) in [6, 6.07) is 45.5. The van der Waals surface area contributed by atoms with Crippen LogP contribution < -0.4 is 0 Å². The van der Waals surface area contributed by atoms with Gasteiger partial charge in [-0.3, -0.25) is 0 Å². The van der Waals surface area contributed by atoms with Crippen molar-refractivity contribution < 1.29 is 0 Å². The molecule has 0 amide bonds. The molecular formula is C30H21N. The van der Waals surface area contributed by atoms with Crippen LogP contribution in [0, 0.1) is 0 Å². The molecule has 0 aliphatic rings. The first-order valence-electron chi connectivity index (χ1n) is 10.6. The first kappa shape index (κ1) is 17.7. The molecule has 1 heterocycles. The predicted octanol–water partition coefficient (Wildman–Crippen LogP) is 8.12. The summed E-state index contributed by atoms with van der Waals surface area (Å²) in [7, 11) is 0. The quantitative estimate of drug-likeness (QED) is 0.285. The Balaban J connectivity index is 1.50. The fraction of sp³-hybridized carbons (Fsp3) is 0. The third-order valence-electron chi connectivity index (χ3n) is 6.01. The molecule has 0 fully saturated rings. The van der Waals surface area contributed by atoms with E-state index in [0.717, 1.165) is 0 Å². The maximum Gasteiger partial charge on any atom is 0.0541 e. The van der Waals surface area contributed by atoms with Crippen molar-refractivity contribution in [3.05, 3.63) is 127 Å². The predicted molar refractivity (Wildman–Crippen MR) is 132 cm³/mol. The Morgan fingerprint density at radius 3 is 1.61 bits per heavy atom. The fourth-order valence-corrected chi connectivity index (χ4v) is 4.49. The second-order valence-electron chi connectivity index (χ2n) is 7.86. The second kappa shape index (κ2) is 7.30. The summed E-state index contributed by atoms with van der Waals surface area (Å²) in [6.45, 7) is 0. The van der Waals surface area contributed by atoms with E-state index in [1.54, 1.807) is 0 Å². The zero-order chi connectivity index (χ0) is 20.6. The molecule has 0 radical (unpaired) electrons. The van der Waals surface area contributed by atoms with Gasteiger partial charge in [-0.05, 0) is 52.6 Å². The number of benzene rings is 5. The lowest BCUT2D eigenvalue weighted by Gasteiger charge is -2.08. The van der Waals surface area contributed by atoms with E-state index in [1.807, 2.05) is 0 Å². The van der Waals surface area contributed by atoms with Crippen LogP contribution in [0.2, 0.25) is 0 Å².